The van der Waals surface area contributed by atoms with E-state index in [2.05, 4.69) is 19.9 Å². The van der Waals surface area contributed by atoms with E-state index in [4.69, 9.17) is 4.74 Å². The topological polar surface area (TPSA) is 29.5 Å². The highest BCUT2D eigenvalue weighted by Gasteiger charge is 2.24. The van der Waals surface area contributed by atoms with Crippen molar-refractivity contribution in [2.75, 3.05) is 6.61 Å². The van der Waals surface area contributed by atoms with Gasteiger partial charge in [-0.05, 0) is 56.2 Å². The van der Waals surface area contributed by atoms with Crippen LogP contribution in [-0.4, -0.2) is 11.7 Å². The monoisotopic (exact) mass is 234 g/mol. The molecule has 0 saturated carbocycles. The van der Waals surface area contributed by atoms with Crippen molar-refractivity contribution >= 4 is 0 Å². The van der Waals surface area contributed by atoms with Crippen LogP contribution in [0.3, 0.4) is 0 Å². The molecule has 2 unspecified atom stereocenters. The molecule has 17 heavy (non-hydrogen) atoms. The molecular weight excluding hydrogens is 212 g/mol. The maximum Gasteiger partial charge on any atom is 0.122 e. The van der Waals surface area contributed by atoms with E-state index in [0.717, 1.165) is 30.6 Å². The second-order valence-corrected chi connectivity index (χ2v) is 5.10. The lowest BCUT2D eigenvalue weighted by Gasteiger charge is -2.18. The molecule has 1 N–H and O–H groups in total. The Morgan fingerprint density at radius 1 is 1.41 bits per heavy atom. The van der Waals surface area contributed by atoms with Crippen LogP contribution in [0.1, 0.15) is 49.5 Å². The minimum Gasteiger partial charge on any atom is -0.494 e. The molecule has 0 saturated heterocycles. The SMILES string of the molecule is CCOc1ccc(C)c2c1CCC(C)CC2O. The zero-order valence-corrected chi connectivity index (χ0v) is 11.0. The Labute approximate surface area is 104 Å². The number of ether oxygens (including phenoxy) is 1. The van der Waals surface area contributed by atoms with E-state index in [1.807, 2.05) is 13.0 Å². The molecular formula is C15H22O2. The van der Waals surface area contributed by atoms with Crippen LogP contribution in [0.5, 0.6) is 5.75 Å². The lowest BCUT2D eigenvalue weighted by atomic mass is 9.95. The second kappa shape index (κ2) is 5.09. The predicted octanol–water partition coefficient (Wildman–Crippen LogP) is 3.40. The first-order valence-electron chi connectivity index (χ1n) is 6.56. The highest BCUT2D eigenvalue weighted by molar-refractivity contribution is 5.46. The first kappa shape index (κ1) is 12.4. The highest BCUT2D eigenvalue weighted by atomic mass is 16.5. The summed E-state index contributed by atoms with van der Waals surface area (Å²) in [6, 6.07) is 4.10. The van der Waals surface area contributed by atoms with Crippen LogP contribution in [-0.2, 0) is 6.42 Å². The summed E-state index contributed by atoms with van der Waals surface area (Å²) in [7, 11) is 0. The van der Waals surface area contributed by atoms with E-state index < -0.39 is 0 Å². The Morgan fingerprint density at radius 2 is 2.18 bits per heavy atom. The Hall–Kier alpha value is -1.02. The van der Waals surface area contributed by atoms with E-state index in [1.165, 1.54) is 11.1 Å². The van der Waals surface area contributed by atoms with Crippen LogP contribution in [0.2, 0.25) is 0 Å². The maximum atomic E-state index is 10.3. The Kier molecular flexibility index (Phi) is 3.72. The number of aliphatic hydroxyl groups excluding tert-OH is 1. The van der Waals surface area contributed by atoms with E-state index in [-0.39, 0.29) is 6.10 Å². The van der Waals surface area contributed by atoms with Gasteiger partial charge in [0.1, 0.15) is 5.75 Å². The van der Waals surface area contributed by atoms with Gasteiger partial charge in [-0.15, -0.1) is 0 Å². The molecule has 0 radical (unpaired) electrons. The standard InChI is InChI=1S/C15H22O2/c1-4-17-14-8-6-11(3)15-12(14)7-5-10(2)9-13(15)16/h6,8,10,13,16H,4-5,7,9H2,1-3H3. The molecule has 0 spiro atoms. The van der Waals surface area contributed by atoms with Gasteiger partial charge < -0.3 is 9.84 Å². The van der Waals surface area contributed by atoms with Crippen molar-refractivity contribution in [3.8, 4) is 5.75 Å². The van der Waals surface area contributed by atoms with Crippen molar-refractivity contribution < 1.29 is 9.84 Å². The number of hydrogen-bond donors (Lipinski definition) is 1. The van der Waals surface area contributed by atoms with Crippen molar-refractivity contribution in [1.82, 2.24) is 0 Å². The van der Waals surface area contributed by atoms with Crippen LogP contribution in [0, 0.1) is 12.8 Å². The summed E-state index contributed by atoms with van der Waals surface area (Å²) in [5.74, 6) is 1.53. The van der Waals surface area contributed by atoms with E-state index in [1.54, 1.807) is 0 Å². The predicted molar refractivity (Wildman–Crippen MR) is 69.4 cm³/mol. The molecule has 0 fully saturated rings. The van der Waals surface area contributed by atoms with Gasteiger partial charge in [0, 0.05) is 5.56 Å². The molecule has 1 aromatic rings. The molecule has 0 bridgehead atoms. The summed E-state index contributed by atoms with van der Waals surface area (Å²) in [5.41, 5.74) is 3.52. The minimum absolute atomic E-state index is 0.331. The van der Waals surface area contributed by atoms with Crippen molar-refractivity contribution in [2.24, 2.45) is 5.92 Å². The van der Waals surface area contributed by atoms with Crippen LogP contribution in [0.15, 0.2) is 12.1 Å². The molecule has 1 aliphatic carbocycles. The van der Waals surface area contributed by atoms with Crippen LogP contribution in [0.4, 0.5) is 0 Å². The molecule has 2 heteroatoms. The van der Waals surface area contributed by atoms with Crippen molar-refractivity contribution in [2.45, 2.75) is 46.1 Å². The largest absolute Gasteiger partial charge is 0.494 e. The molecule has 0 amide bonds. The van der Waals surface area contributed by atoms with Gasteiger partial charge in [0.05, 0.1) is 12.7 Å². The lowest BCUT2D eigenvalue weighted by molar-refractivity contribution is 0.149. The molecule has 1 aliphatic rings. The van der Waals surface area contributed by atoms with Gasteiger partial charge in [-0.3, -0.25) is 0 Å². The Balaban J connectivity index is 2.47. The third-order valence-electron chi connectivity index (χ3n) is 3.68. The molecule has 0 heterocycles. The van der Waals surface area contributed by atoms with Gasteiger partial charge in [-0.1, -0.05) is 13.0 Å². The Morgan fingerprint density at radius 3 is 2.88 bits per heavy atom. The number of hydrogen-bond acceptors (Lipinski definition) is 2. The summed E-state index contributed by atoms with van der Waals surface area (Å²) < 4.78 is 5.69. The molecule has 1 aromatic carbocycles. The van der Waals surface area contributed by atoms with Crippen LogP contribution in [0.25, 0.3) is 0 Å². The Bertz CT molecular complexity index is 398. The third-order valence-corrected chi connectivity index (χ3v) is 3.68. The molecule has 94 valence electrons. The fraction of sp³-hybridized carbons (Fsp3) is 0.600. The van der Waals surface area contributed by atoms with Crippen molar-refractivity contribution in [3.63, 3.8) is 0 Å². The van der Waals surface area contributed by atoms with Gasteiger partial charge in [0.25, 0.3) is 0 Å². The number of aliphatic hydroxyl groups is 1. The van der Waals surface area contributed by atoms with Gasteiger partial charge in [-0.25, -0.2) is 0 Å². The average molecular weight is 234 g/mol. The van der Waals surface area contributed by atoms with Crippen LogP contribution >= 0.6 is 0 Å². The zero-order chi connectivity index (χ0) is 12.4. The van der Waals surface area contributed by atoms with Crippen LogP contribution < -0.4 is 4.74 Å². The maximum absolute atomic E-state index is 10.3. The van der Waals surface area contributed by atoms with E-state index >= 15 is 0 Å². The van der Waals surface area contributed by atoms with Gasteiger partial charge in [0.15, 0.2) is 0 Å². The number of fused-ring (bicyclic) bond motifs is 1. The molecule has 2 rings (SSSR count). The first-order valence-corrected chi connectivity index (χ1v) is 6.56. The summed E-state index contributed by atoms with van der Waals surface area (Å²) >= 11 is 0. The van der Waals surface area contributed by atoms with Gasteiger partial charge in [0.2, 0.25) is 0 Å². The van der Waals surface area contributed by atoms with Gasteiger partial charge >= 0.3 is 0 Å². The van der Waals surface area contributed by atoms with Crippen molar-refractivity contribution in [3.05, 3.63) is 28.8 Å². The molecule has 2 nitrogen and oxygen atoms in total. The highest BCUT2D eigenvalue weighted by Crippen LogP contribution is 2.38. The fourth-order valence-corrected chi connectivity index (χ4v) is 2.78. The summed E-state index contributed by atoms with van der Waals surface area (Å²) in [6.07, 6.45) is 2.68. The normalized spacial score (nSPS) is 24.0. The zero-order valence-electron chi connectivity index (χ0n) is 11.0. The smallest absolute Gasteiger partial charge is 0.122 e. The molecule has 0 aromatic heterocycles. The fourth-order valence-electron chi connectivity index (χ4n) is 2.78. The number of benzene rings is 1. The quantitative estimate of drug-likeness (QED) is 0.795. The van der Waals surface area contributed by atoms with Crippen molar-refractivity contribution in [1.29, 1.82) is 0 Å². The first-order chi connectivity index (χ1) is 8.13. The molecule has 2 atom stereocenters. The molecule has 0 aliphatic heterocycles. The average Bonchev–Trinajstić information content (AvgIpc) is 2.43. The lowest BCUT2D eigenvalue weighted by Crippen LogP contribution is -2.06. The summed E-state index contributed by atoms with van der Waals surface area (Å²) in [6.45, 7) is 6.97. The second-order valence-electron chi connectivity index (χ2n) is 5.10. The van der Waals surface area contributed by atoms with E-state index in [9.17, 15) is 5.11 Å². The number of rotatable bonds is 2. The summed E-state index contributed by atoms with van der Waals surface area (Å²) in [5, 5.41) is 10.3. The minimum atomic E-state index is -0.331. The van der Waals surface area contributed by atoms with E-state index in [0.29, 0.717) is 12.5 Å². The summed E-state index contributed by atoms with van der Waals surface area (Å²) in [4.78, 5) is 0. The number of aryl methyl sites for hydroxylation is 1. The van der Waals surface area contributed by atoms with Gasteiger partial charge in [-0.2, -0.15) is 0 Å². The third kappa shape index (κ3) is 2.47.